The summed E-state index contributed by atoms with van der Waals surface area (Å²) in [4.78, 5) is 0. The average Bonchev–Trinajstić information content (AvgIpc) is 2.58. The van der Waals surface area contributed by atoms with E-state index >= 15 is 0 Å². The number of hydrogen-bond acceptors (Lipinski definition) is 1. The smallest absolute Gasteiger partial charge is 0.187 e. The average molecular weight is 371 g/mol. The largest absolute Gasteiger partial charge is 0.414 e. The maximum absolute atomic E-state index is 6.73. The molecular weight excluding hydrogens is 320 g/mol. The molecule has 1 unspecified atom stereocenters. The molecule has 0 radical (unpaired) electrons. The van der Waals surface area contributed by atoms with Crippen LogP contribution in [0.4, 0.5) is 0 Å². The normalized spacial score (nSPS) is 13.3. The molecule has 0 aliphatic carbocycles. The van der Waals surface area contributed by atoms with Crippen molar-refractivity contribution in [3.05, 3.63) is 0 Å². The van der Waals surface area contributed by atoms with E-state index in [1.165, 1.54) is 109 Å². The summed E-state index contributed by atoms with van der Waals surface area (Å²) in [6.45, 7) is 11.8. The van der Waals surface area contributed by atoms with Crippen molar-refractivity contribution in [3.63, 3.8) is 0 Å². The van der Waals surface area contributed by atoms with Crippen LogP contribution < -0.4 is 0 Å². The summed E-state index contributed by atoms with van der Waals surface area (Å²) in [6, 6.07) is 1.36. The van der Waals surface area contributed by atoms with Crippen LogP contribution in [0.3, 0.4) is 0 Å². The molecule has 0 amide bonds. The molecule has 0 saturated heterocycles. The predicted molar refractivity (Wildman–Crippen MR) is 118 cm³/mol. The Labute approximate surface area is 161 Å². The van der Waals surface area contributed by atoms with Crippen LogP contribution in [0.25, 0.3) is 0 Å². The fourth-order valence-corrected chi connectivity index (χ4v) is 6.04. The van der Waals surface area contributed by atoms with Crippen molar-refractivity contribution >= 4 is 8.32 Å². The van der Waals surface area contributed by atoms with Crippen molar-refractivity contribution in [1.82, 2.24) is 0 Å². The van der Waals surface area contributed by atoms with Crippen LogP contribution in [-0.2, 0) is 4.43 Å². The molecular formula is C23H50OSi. The molecule has 1 atom stereocenters. The lowest BCUT2D eigenvalue weighted by molar-refractivity contribution is 0.163. The van der Waals surface area contributed by atoms with Crippen LogP contribution >= 0.6 is 0 Å². The molecule has 2 heteroatoms. The molecule has 0 aromatic rings. The Bertz CT molecular complexity index is 265. The van der Waals surface area contributed by atoms with E-state index in [0.29, 0.717) is 6.10 Å². The van der Waals surface area contributed by atoms with Gasteiger partial charge in [0.05, 0.1) is 0 Å². The van der Waals surface area contributed by atoms with Gasteiger partial charge in [0.25, 0.3) is 0 Å². The number of rotatable bonds is 19. The van der Waals surface area contributed by atoms with Crippen molar-refractivity contribution in [2.75, 3.05) is 0 Å². The minimum atomic E-state index is -1.47. The van der Waals surface area contributed by atoms with Crippen molar-refractivity contribution < 1.29 is 4.43 Å². The first-order valence-corrected chi connectivity index (χ1v) is 14.8. The summed E-state index contributed by atoms with van der Waals surface area (Å²) in [7, 11) is -1.47. The van der Waals surface area contributed by atoms with Crippen LogP contribution in [-0.4, -0.2) is 14.4 Å². The first kappa shape index (κ1) is 25.2. The van der Waals surface area contributed by atoms with Gasteiger partial charge in [0.15, 0.2) is 8.32 Å². The summed E-state index contributed by atoms with van der Waals surface area (Å²) < 4.78 is 6.73. The molecule has 0 aliphatic heterocycles. The van der Waals surface area contributed by atoms with Gasteiger partial charge in [0, 0.05) is 6.10 Å². The van der Waals surface area contributed by atoms with Crippen molar-refractivity contribution in [2.45, 2.75) is 149 Å². The summed E-state index contributed by atoms with van der Waals surface area (Å²) in [5.41, 5.74) is 0. The van der Waals surface area contributed by atoms with Crippen LogP contribution in [0.5, 0.6) is 0 Å². The van der Waals surface area contributed by atoms with E-state index in [0.717, 1.165) is 0 Å². The summed E-state index contributed by atoms with van der Waals surface area (Å²) in [6.07, 6.45) is 22.6. The second-order valence-corrected chi connectivity index (χ2v) is 13.0. The first-order chi connectivity index (χ1) is 12.1. The van der Waals surface area contributed by atoms with Gasteiger partial charge in [-0.1, -0.05) is 111 Å². The van der Waals surface area contributed by atoms with Gasteiger partial charge in [0.2, 0.25) is 0 Å². The van der Waals surface area contributed by atoms with Crippen molar-refractivity contribution in [3.8, 4) is 0 Å². The zero-order chi connectivity index (χ0) is 18.8. The summed E-state index contributed by atoms with van der Waals surface area (Å²) >= 11 is 0. The maximum atomic E-state index is 6.73. The fraction of sp³-hybridized carbons (Fsp3) is 1.00. The van der Waals surface area contributed by atoms with E-state index in [4.69, 9.17) is 4.43 Å². The lowest BCUT2D eigenvalue weighted by atomic mass is 10.0. The van der Waals surface area contributed by atoms with Gasteiger partial charge in [-0.2, -0.15) is 0 Å². The molecule has 0 spiro atoms. The molecule has 0 bridgehead atoms. The van der Waals surface area contributed by atoms with Gasteiger partial charge >= 0.3 is 0 Å². The quantitative estimate of drug-likeness (QED) is 0.163. The SMILES string of the molecule is CCCCCCCCC(CCCC)O[Si](C)(C)CCCCCCCC. The topological polar surface area (TPSA) is 9.23 Å². The van der Waals surface area contributed by atoms with E-state index in [9.17, 15) is 0 Å². The second kappa shape index (κ2) is 17.6. The van der Waals surface area contributed by atoms with Gasteiger partial charge in [0.1, 0.15) is 0 Å². The second-order valence-electron chi connectivity index (χ2n) is 8.72. The molecule has 0 aliphatic rings. The molecule has 0 fully saturated rings. The minimum absolute atomic E-state index is 0.549. The Morgan fingerprint density at radius 2 is 1.00 bits per heavy atom. The monoisotopic (exact) mass is 370 g/mol. The van der Waals surface area contributed by atoms with Gasteiger partial charge in [-0.3, -0.25) is 0 Å². The van der Waals surface area contributed by atoms with Crippen LogP contribution in [0.2, 0.25) is 19.1 Å². The lowest BCUT2D eigenvalue weighted by Gasteiger charge is -2.30. The number of unbranched alkanes of at least 4 members (excludes halogenated alkanes) is 11. The lowest BCUT2D eigenvalue weighted by Crippen LogP contribution is -2.35. The highest BCUT2D eigenvalue weighted by molar-refractivity contribution is 6.71. The Hall–Kier alpha value is 0.177. The van der Waals surface area contributed by atoms with Crippen LogP contribution in [0.1, 0.15) is 124 Å². The van der Waals surface area contributed by atoms with Crippen LogP contribution in [0.15, 0.2) is 0 Å². The third kappa shape index (κ3) is 17.4. The third-order valence-corrected chi connectivity index (χ3v) is 7.91. The Balaban J connectivity index is 4.01. The number of hydrogen-bond donors (Lipinski definition) is 0. The predicted octanol–water partition coefficient (Wildman–Crippen LogP) is 8.88. The van der Waals surface area contributed by atoms with Gasteiger partial charge < -0.3 is 4.43 Å². The third-order valence-electron chi connectivity index (χ3n) is 5.38. The fourth-order valence-electron chi connectivity index (χ4n) is 3.69. The molecule has 152 valence electrons. The highest BCUT2D eigenvalue weighted by Crippen LogP contribution is 2.24. The van der Waals surface area contributed by atoms with Crippen LogP contribution in [0, 0.1) is 0 Å². The molecule has 0 heterocycles. The first-order valence-electron chi connectivity index (χ1n) is 11.7. The highest BCUT2D eigenvalue weighted by atomic mass is 28.4. The van der Waals surface area contributed by atoms with E-state index in [2.05, 4.69) is 33.9 Å². The summed E-state index contributed by atoms with van der Waals surface area (Å²) in [5, 5.41) is 0. The Kier molecular flexibility index (Phi) is 17.7. The highest BCUT2D eigenvalue weighted by Gasteiger charge is 2.25. The van der Waals surface area contributed by atoms with E-state index in [-0.39, 0.29) is 0 Å². The minimum Gasteiger partial charge on any atom is -0.414 e. The molecule has 0 saturated carbocycles. The van der Waals surface area contributed by atoms with Gasteiger partial charge in [-0.05, 0) is 32.0 Å². The van der Waals surface area contributed by atoms with Crippen molar-refractivity contribution in [2.24, 2.45) is 0 Å². The molecule has 1 nitrogen and oxygen atoms in total. The summed E-state index contributed by atoms with van der Waals surface area (Å²) in [5.74, 6) is 0. The Morgan fingerprint density at radius 1 is 0.560 bits per heavy atom. The Morgan fingerprint density at radius 3 is 1.56 bits per heavy atom. The van der Waals surface area contributed by atoms with E-state index < -0.39 is 8.32 Å². The zero-order valence-electron chi connectivity index (χ0n) is 18.5. The molecule has 25 heavy (non-hydrogen) atoms. The van der Waals surface area contributed by atoms with E-state index in [1.54, 1.807) is 0 Å². The standard InChI is InChI=1S/C23H50OSi/c1-6-9-12-14-16-18-21-23(20-11-8-3)24-25(4,5)22-19-17-15-13-10-7-2/h23H,6-22H2,1-5H3. The molecule has 0 aromatic carbocycles. The van der Waals surface area contributed by atoms with E-state index in [1.807, 2.05) is 0 Å². The molecule has 0 aromatic heterocycles. The van der Waals surface area contributed by atoms with Gasteiger partial charge in [-0.15, -0.1) is 0 Å². The molecule has 0 rings (SSSR count). The zero-order valence-corrected chi connectivity index (χ0v) is 19.5. The van der Waals surface area contributed by atoms with Gasteiger partial charge in [-0.25, -0.2) is 0 Å². The molecule has 0 N–H and O–H groups in total. The van der Waals surface area contributed by atoms with Crippen molar-refractivity contribution in [1.29, 1.82) is 0 Å². The maximum Gasteiger partial charge on any atom is 0.187 e.